The van der Waals surface area contributed by atoms with Crippen LogP contribution in [0.15, 0.2) is 36.4 Å². The fraction of sp³-hybridized carbons (Fsp3) is 0.400. The molecule has 1 N–H and O–H groups in total. The molecule has 1 atom stereocenters. The Morgan fingerprint density at radius 1 is 1.12 bits per heavy atom. The van der Waals surface area contributed by atoms with Crippen molar-refractivity contribution >= 4 is 5.69 Å². The van der Waals surface area contributed by atoms with Gasteiger partial charge in [-0.25, -0.2) is 0 Å². The zero-order valence-corrected chi connectivity index (χ0v) is 14.6. The molecule has 0 amide bonds. The molecule has 0 aromatic heterocycles. The number of hydrogen-bond acceptors (Lipinski definition) is 3. The number of alkyl halides is 3. The number of halogens is 3. The zero-order chi connectivity index (χ0) is 18.3. The number of methoxy groups -OCH3 is 1. The summed E-state index contributed by atoms with van der Waals surface area (Å²) in [5.41, 5.74) is 2.42. The van der Waals surface area contributed by atoms with Gasteiger partial charge in [0.05, 0.1) is 12.7 Å². The number of rotatable bonds is 2. The highest BCUT2D eigenvalue weighted by Gasteiger charge is 2.35. The third kappa shape index (κ3) is 3.03. The molecule has 6 heteroatoms. The average molecular weight is 362 g/mol. The standard InChI is InChI=1S/C20H21F3N2O/c1-26-16-4-5-17(18(12-16)20(21,22)23)13-2-3-14-10-15-6-7-24-8-9-25(15)19(14)11-13/h2-5,11-12,15,24H,6-10H2,1H3. The molecule has 0 radical (unpaired) electrons. The molecule has 2 heterocycles. The number of benzene rings is 2. The quantitative estimate of drug-likeness (QED) is 0.870. The Bertz CT molecular complexity index is 819. The van der Waals surface area contributed by atoms with Gasteiger partial charge in [-0.05, 0) is 54.3 Å². The first-order valence-corrected chi connectivity index (χ1v) is 8.83. The van der Waals surface area contributed by atoms with Gasteiger partial charge in [-0.15, -0.1) is 0 Å². The molecule has 1 saturated heterocycles. The van der Waals surface area contributed by atoms with Crippen LogP contribution in [0.5, 0.6) is 5.75 Å². The molecule has 2 aliphatic heterocycles. The van der Waals surface area contributed by atoms with E-state index in [0.29, 0.717) is 11.6 Å². The predicted molar refractivity (Wildman–Crippen MR) is 95.8 cm³/mol. The molecule has 0 spiro atoms. The van der Waals surface area contributed by atoms with Crippen LogP contribution in [0.25, 0.3) is 11.1 Å². The summed E-state index contributed by atoms with van der Waals surface area (Å²) in [6.07, 6.45) is -2.41. The fourth-order valence-corrected chi connectivity index (χ4v) is 4.02. The maximum atomic E-state index is 13.6. The highest BCUT2D eigenvalue weighted by Crippen LogP contribution is 2.42. The van der Waals surface area contributed by atoms with Crippen molar-refractivity contribution in [2.75, 3.05) is 31.6 Å². The third-order valence-electron chi connectivity index (χ3n) is 5.32. The molecule has 2 aromatic rings. The van der Waals surface area contributed by atoms with Gasteiger partial charge in [0, 0.05) is 24.8 Å². The topological polar surface area (TPSA) is 24.5 Å². The Morgan fingerprint density at radius 3 is 2.73 bits per heavy atom. The Morgan fingerprint density at radius 2 is 1.96 bits per heavy atom. The van der Waals surface area contributed by atoms with Crippen LogP contribution in [0.1, 0.15) is 17.5 Å². The van der Waals surface area contributed by atoms with Crippen LogP contribution in [0.3, 0.4) is 0 Å². The number of anilines is 1. The highest BCUT2D eigenvalue weighted by atomic mass is 19.4. The Kier molecular flexibility index (Phi) is 4.31. The number of nitrogens with zero attached hydrogens (tertiary/aromatic N) is 1. The van der Waals surface area contributed by atoms with E-state index in [9.17, 15) is 13.2 Å². The first kappa shape index (κ1) is 17.2. The van der Waals surface area contributed by atoms with E-state index in [2.05, 4.69) is 10.2 Å². The summed E-state index contributed by atoms with van der Waals surface area (Å²) in [6, 6.07) is 10.3. The van der Waals surface area contributed by atoms with Gasteiger partial charge in [0.2, 0.25) is 0 Å². The maximum Gasteiger partial charge on any atom is 0.417 e. The summed E-state index contributed by atoms with van der Waals surface area (Å²) >= 11 is 0. The normalized spacial score (nSPS) is 19.7. The van der Waals surface area contributed by atoms with Gasteiger partial charge in [-0.1, -0.05) is 18.2 Å². The summed E-state index contributed by atoms with van der Waals surface area (Å²) in [7, 11) is 1.37. The van der Waals surface area contributed by atoms with Crippen molar-refractivity contribution in [3.8, 4) is 16.9 Å². The lowest BCUT2D eigenvalue weighted by Crippen LogP contribution is -2.32. The molecule has 2 aliphatic rings. The Labute approximate surface area is 150 Å². The molecule has 4 rings (SSSR count). The largest absolute Gasteiger partial charge is 0.497 e. The summed E-state index contributed by atoms with van der Waals surface area (Å²) < 4.78 is 45.7. The first-order valence-electron chi connectivity index (χ1n) is 8.83. The van der Waals surface area contributed by atoms with Gasteiger partial charge >= 0.3 is 6.18 Å². The molecule has 1 unspecified atom stereocenters. The minimum absolute atomic E-state index is 0.192. The van der Waals surface area contributed by atoms with E-state index in [0.717, 1.165) is 44.2 Å². The smallest absolute Gasteiger partial charge is 0.417 e. The van der Waals surface area contributed by atoms with Crippen molar-refractivity contribution < 1.29 is 17.9 Å². The van der Waals surface area contributed by atoms with E-state index in [4.69, 9.17) is 4.74 Å². The van der Waals surface area contributed by atoms with Crippen LogP contribution >= 0.6 is 0 Å². The van der Waals surface area contributed by atoms with E-state index in [1.54, 1.807) is 12.1 Å². The maximum absolute atomic E-state index is 13.6. The van der Waals surface area contributed by atoms with E-state index in [1.807, 2.05) is 12.1 Å². The molecule has 2 aromatic carbocycles. The Balaban J connectivity index is 1.78. The summed E-state index contributed by atoms with van der Waals surface area (Å²) in [5, 5.41) is 3.39. The lowest BCUT2D eigenvalue weighted by molar-refractivity contribution is -0.137. The highest BCUT2D eigenvalue weighted by molar-refractivity contribution is 5.75. The van der Waals surface area contributed by atoms with Crippen LogP contribution in [-0.4, -0.2) is 32.8 Å². The minimum Gasteiger partial charge on any atom is -0.497 e. The second-order valence-corrected chi connectivity index (χ2v) is 6.84. The third-order valence-corrected chi connectivity index (χ3v) is 5.32. The van der Waals surface area contributed by atoms with Crippen LogP contribution in [0.4, 0.5) is 18.9 Å². The summed E-state index contributed by atoms with van der Waals surface area (Å²) in [4.78, 5) is 2.34. The van der Waals surface area contributed by atoms with Crippen LogP contribution < -0.4 is 15.0 Å². The van der Waals surface area contributed by atoms with Crippen molar-refractivity contribution in [1.29, 1.82) is 0 Å². The monoisotopic (exact) mass is 362 g/mol. The molecule has 0 aliphatic carbocycles. The lowest BCUT2D eigenvalue weighted by atomic mass is 9.97. The fourth-order valence-electron chi connectivity index (χ4n) is 4.02. The van der Waals surface area contributed by atoms with Gasteiger partial charge in [0.15, 0.2) is 0 Å². The van der Waals surface area contributed by atoms with Crippen molar-refractivity contribution in [3.05, 3.63) is 47.5 Å². The van der Waals surface area contributed by atoms with Crippen LogP contribution in [0.2, 0.25) is 0 Å². The molecule has 138 valence electrons. The van der Waals surface area contributed by atoms with Crippen LogP contribution in [-0.2, 0) is 12.6 Å². The number of hydrogen-bond donors (Lipinski definition) is 1. The number of fused-ring (bicyclic) bond motifs is 3. The van der Waals surface area contributed by atoms with Gasteiger partial charge < -0.3 is 15.0 Å². The second-order valence-electron chi connectivity index (χ2n) is 6.84. The molecule has 1 fully saturated rings. The van der Waals surface area contributed by atoms with Crippen molar-refractivity contribution in [3.63, 3.8) is 0 Å². The van der Waals surface area contributed by atoms with Crippen molar-refractivity contribution in [1.82, 2.24) is 5.32 Å². The molecular formula is C20H21F3N2O. The van der Waals surface area contributed by atoms with Crippen molar-refractivity contribution in [2.24, 2.45) is 0 Å². The average Bonchev–Trinajstić information content (AvgIpc) is 2.80. The van der Waals surface area contributed by atoms with Gasteiger partial charge in [-0.2, -0.15) is 13.2 Å². The lowest BCUT2D eigenvalue weighted by Gasteiger charge is -2.25. The van der Waals surface area contributed by atoms with Crippen molar-refractivity contribution in [2.45, 2.75) is 25.1 Å². The molecular weight excluding hydrogens is 341 g/mol. The summed E-state index contributed by atoms with van der Waals surface area (Å²) in [6.45, 7) is 2.77. The number of ether oxygens (including phenoxy) is 1. The molecule has 3 nitrogen and oxygen atoms in total. The number of nitrogens with one attached hydrogen (secondary N) is 1. The van der Waals surface area contributed by atoms with Gasteiger partial charge in [-0.3, -0.25) is 0 Å². The first-order chi connectivity index (χ1) is 12.5. The molecule has 26 heavy (non-hydrogen) atoms. The molecule has 0 bridgehead atoms. The van der Waals surface area contributed by atoms with Gasteiger partial charge in [0.1, 0.15) is 5.75 Å². The SMILES string of the molecule is COc1ccc(-c2ccc3c(c2)N2CCNCCC2C3)c(C(F)(F)F)c1. The van der Waals surface area contributed by atoms with Crippen LogP contribution in [0, 0.1) is 0 Å². The van der Waals surface area contributed by atoms with E-state index >= 15 is 0 Å². The van der Waals surface area contributed by atoms with Gasteiger partial charge in [0.25, 0.3) is 0 Å². The summed E-state index contributed by atoms with van der Waals surface area (Å²) in [5.74, 6) is 0.209. The second kappa shape index (κ2) is 6.50. The van der Waals surface area contributed by atoms with E-state index in [-0.39, 0.29) is 11.3 Å². The minimum atomic E-state index is -4.43. The van der Waals surface area contributed by atoms with E-state index < -0.39 is 11.7 Å². The van der Waals surface area contributed by atoms with E-state index in [1.165, 1.54) is 18.7 Å². The zero-order valence-electron chi connectivity index (χ0n) is 14.6. The molecule has 0 saturated carbocycles. The predicted octanol–water partition coefficient (Wildman–Crippen LogP) is 4.11. The Hall–Kier alpha value is -2.21.